The quantitative estimate of drug-likeness (QED) is 0.663. The van der Waals surface area contributed by atoms with Gasteiger partial charge in [-0.2, -0.15) is 0 Å². The van der Waals surface area contributed by atoms with Gasteiger partial charge in [-0.25, -0.2) is 9.97 Å². The number of aryl methyl sites for hydroxylation is 2. The molecule has 6 nitrogen and oxygen atoms in total. The number of amides is 1. The van der Waals surface area contributed by atoms with E-state index in [0.717, 1.165) is 58.9 Å². The average Bonchev–Trinajstić information content (AvgIpc) is 3.23. The van der Waals surface area contributed by atoms with Gasteiger partial charge in [0.25, 0.3) is 5.91 Å². The minimum Gasteiger partial charge on any atom is -0.486 e. The Kier molecular flexibility index (Phi) is 4.34. The van der Waals surface area contributed by atoms with Gasteiger partial charge < -0.3 is 14.4 Å². The van der Waals surface area contributed by atoms with Crippen molar-refractivity contribution in [1.29, 1.82) is 0 Å². The van der Waals surface area contributed by atoms with Crippen LogP contribution in [-0.2, 0) is 0 Å². The molecule has 0 saturated carbocycles. The normalized spacial score (nSPS) is 18.3. The molecule has 1 aromatic heterocycles. The summed E-state index contributed by atoms with van der Waals surface area (Å²) in [5.41, 5.74) is 5.11. The maximum Gasteiger partial charge on any atom is 0.254 e. The molecule has 0 N–H and O–H groups in total. The van der Waals surface area contributed by atoms with E-state index in [1.807, 2.05) is 55.1 Å². The number of hydrogen-bond donors (Lipinski definition) is 0. The van der Waals surface area contributed by atoms with Crippen LogP contribution in [0.4, 0.5) is 0 Å². The molecule has 0 bridgehead atoms. The first-order valence-corrected chi connectivity index (χ1v) is 10.1. The summed E-state index contributed by atoms with van der Waals surface area (Å²) in [7, 11) is 0. The van der Waals surface area contributed by atoms with E-state index in [0.29, 0.717) is 18.8 Å². The molecule has 0 unspecified atom stereocenters. The van der Waals surface area contributed by atoms with Gasteiger partial charge in [-0.3, -0.25) is 4.79 Å². The zero-order valence-electron chi connectivity index (χ0n) is 16.6. The summed E-state index contributed by atoms with van der Waals surface area (Å²) in [5, 5.41) is 0. The lowest BCUT2D eigenvalue weighted by molar-refractivity contribution is 0.0735. The van der Waals surface area contributed by atoms with Gasteiger partial charge in [-0.1, -0.05) is 6.07 Å². The molecular weight excluding hydrogens is 366 g/mol. The molecule has 2 aliphatic heterocycles. The lowest BCUT2D eigenvalue weighted by atomic mass is 10.0. The van der Waals surface area contributed by atoms with Crippen LogP contribution in [0.5, 0.6) is 11.5 Å². The largest absolute Gasteiger partial charge is 0.486 e. The van der Waals surface area contributed by atoms with Crippen molar-refractivity contribution in [2.45, 2.75) is 32.7 Å². The summed E-state index contributed by atoms with van der Waals surface area (Å²) in [4.78, 5) is 24.5. The highest BCUT2D eigenvalue weighted by molar-refractivity contribution is 5.97. The fourth-order valence-corrected chi connectivity index (χ4v) is 4.15. The number of carbonyl (C=O) groups is 1. The molecule has 3 heterocycles. The van der Waals surface area contributed by atoms with E-state index >= 15 is 0 Å². The third-order valence-corrected chi connectivity index (χ3v) is 5.79. The predicted octanol–water partition coefficient (Wildman–Crippen LogP) is 4.00. The molecule has 29 heavy (non-hydrogen) atoms. The number of fused-ring (bicyclic) bond motifs is 2. The predicted molar refractivity (Wildman–Crippen MR) is 109 cm³/mol. The van der Waals surface area contributed by atoms with Gasteiger partial charge in [0, 0.05) is 12.1 Å². The highest BCUT2D eigenvalue weighted by Crippen LogP contribution is 2.38. The van der Waals surface area contributed by atoms with Gasteiger partial charge in [0.05, 0.1) is 28.5 Å². The van der Waals surface area contributed by atoms with Crippen molar-refractivity contribution >= 4 is 16.9 Å². The summed E-state index contributed by atoms with van der Waals surface area (Å²) < 4.78 is 11.4. The SMILES string of the molecule is Cc1nc2ccc(C(=O)N3CCC[C@@H]3c3ccc4c(c3)OCCO4)cc2nc1C. The van der Waals surface area contributed by atoms with Crippen LogP contribution >= 0.6 is 0 Å². The fraction of sp³-hybridized carbons (Fsp3) is 0.348. The van der Waals surface area contributed by atoms with E-state index < -0.39 is 0 Å². The molecule has 0 spiro atoms. The van der Waals surface area contributed by atoms with Gasteiger partial charge in [0.2, 0.25) is 0 Å². The minimum atomic E-state index is 0.0318. The van der Waals surface area contributed by atoms with Crippen molar-refractivity contribution in [2.24, 2.45) is 0 Å². The van der Waals surface area contributed by atoms with Crippen LogP contribution in [0.15, 0.2) is 36.4 Å². The number of aromatic nitrogens is 2. The monoisotopic (exact) mass is 389 g/mol. The van der Waals surface area contributed by atoms with Crippen LogP contribution in [0.2, 0.25) is 0 Å². The second kappa shape index (κ2) is 7.03. The van der Waals surface area contributed by atoms with Gasteiger partial charge in [0.1, 0.15) is 13.2 Å². The van der Waals surface area contributed by atoms with Crippen LogP contribution in [0.25, 0.3) is 11.0 Å². The Morgan fingerprint density at radius 3 is 2.55 bits per heavy atom. The molecule has 1 amide bonds. The standard InChI is InChI=1S/C23H23N3O3/c1-14-15(2)25-19-12-17(5-7-18(19)24-14)23(27)26-9-3-4-20(26)16-6-8-21-22(13-16)29-11-10-28-21/h5-8,12-13,20H,3-4,9-11H2,1-2H3/t20-/m1/s1. The first-order chi connectivity index (χ1) is 14.1. The van der Waals surface area contributed by atoms with Crippen LogP contribution in [0, 0.1) is 13.8 Å². The number of ether oxygens (including phenoxy) is 2. The molecule has 2 aromatic carbocycles. The smallest absolute Gasteiger partial charge is 0.254 e. The summed E-state index contributed by atoms with van der Waals surface area (Å²) in [6.07, 6.45) is 1.92. The Bertz CT molecular complexity index is 1110. The maximum atomic E-state index is 13.3. The lowest BCUT2D eigenvalue weighted by Crippen LogP contribution is -2.30. The van der Waals surface area contributed by atoms with E-state index in [2.05, 4.69) is 9.97 Å². The number of carbonyl (C=O) groups excluding carboxylic acids is 1. The van der Waals surface area contributed by atoms with Crippen LogP contribution < -0.4 is 9.47 Å². The lowest BCUT2D eigenvalue weighted by Gasteiger charge is -2.27. The van der Waals surface area contributed by atoms with E-state index in [-0.39, 0.29) is 11.9 Å². The Labute approximate surface area is 169 Å². The van der Waals surface area contributed by atoms with Gasteiger partial charge in [-0.05, 0) is 62.6 Å². The Hall–Kier alpha value is -3.15. The topological polar surface area (TPSA) is 64.6 Å². The van der Waals surface area contributed by atoms with Gasteiger partial charge in [-0.15, -0.1) is 0 Å². The molecular formula is C23H23N3O3. The van der Waals surface area contributed by atoms with E-state index in [4.69, 9.17) is 9.47 Å². The number of likely N-dealkylation sites (tertiary alicyclic amines) is 1. The molecule has 3 aromatic rings. The second-order valence-electron chi connectivity index (χ2n) is 7.66. The number of benzene rings is 2. The maximum absolute atomic E-state index is 13.3. The number of hydrogen-bond acceptors (Lipinski definition) is 5. The first kappa shape index (κ1) is 17.9. The molecule has 6 heteroatoms. The zero-order chi connectivity index (χ0) is 20.0. The summed E-state index contributed by atoms with van der Waals surface area (Å²) in [6, 6.07) is 11.6. The number of nitrogens with zero attached hydrogens (tertiary/aromatic N) is 3. The Morgan fingerprint density at radius 1 is 0.966 bits per heavy atom. The molecule has 148 valence electrons. The van der Waals surface area contributed by atoms with E-state index in [9.17, 15) is 4.79 Å². The fourth-order valence-electron chi connectivity index (χ4n) is 4.15. The van der Waals surface area contributed by atoms with Crippen molar-refractivity contribution in [1.82, 2.24) is 14.9 Å². The minimum absolute atomic E-state index is 0.0318. The highest BCUT2D eigenvalue weighted by atomic mass is 16.6. The Morgan fingerprint density at radius 2 is 1.72 bits per heavy atom. The summed E-state index contributed by atoms with van der Waals surface area (Å²) in [6.45, 7) is 5.76. The van der Waals surface area contributed by atoms with Gasteiger partial charge >= 0.3 is 0 Å². The van der Waals surface area contributed by atoms with Crippen molar-refractivity contribution in [2.75, 3.05) is 19.8 Å². The first-order valence-electron chi connectivity index (χ1n) is 10.1. The van der Waals surface area contributed by atoms with Crippen LogP contribution in [0.3, 0.4) is 0 Å². The summed E-state index contributed by atoms with van der Waals surface area (Å²) in [5.74, 6) is 1.57. The average molecular weight is 389 g/mol. The molecule has 0 radical (unpaired) electrons. The number of rotatable bonds is 2. The molecule has 2 aliphatic rings. The Balaban J connectivity index is 1.46. The zero-order valence-corrected chi connectivity index (χ0v) is 16.6. The molecule has 5 rings (SSSR count). The second-order valence-corrected chi connectivity index (χ2v) is 7.66. The van der Waals surface area contributed by atoms with Gasteiger partial charge in [0.15, 0.2) is 11.5 Å². The molecule has 0 aliphatic carbocycles. The van der Waals surface area contributed by atoms with Crippen LogP contribution in [-0.4, -0.2) is 40.5 Å². The molecule has 1 saturated heterocycles. The van der Waals surface area contributed by atoms with Crippen molar-refractivity contribution in [3.8, 4) is 11.5 Å². The third kappa shape index (κ3) is 3.18. The van der Waals surface area contributed by atoms with Crippen molar-refractivity contribution < 1.29 is 14.3 Å². The third-order valence-electron chi connectivity index (χ3n) is 5.79. The van der Waals surface area contributed by atoms with Crippen molar-refractivity contribution in [3.63, 3.8) is 0 Å². The highest BCUT2D eigenvalue weighted by Gasteiger charge is 2.31. The van der Waals surface area contributed by atoms with E-state index in [1.54, 1.807) is 0 Å². The van der Waals surface area contributed by atoms with Crippen molar-refractivity contribution in [3.05, 3.63) is 58.9 Å². The molecule has 1 fully saturated rings. The molecule has 1 atom stereocenters. The summed E-state index contributed by atoms with van der Waals surface area (Å²) >= 11 is 0. The van der Waals surface area contributed by atoms with E-state index in [1.165, 1.54) is 0 Å². The van der Waals surface area contributed by atoms with Crippen LogP contribution in [0.1, 0.15) is 46.2 Å².